The van der Waals surface area contributed by atoms with Gasteiger partial charge in [0.2, 0.25) is 0 Å². The first-order valence-corrected chi connectivity index (χ1v) is 6.09. The maximum atomic E-state index is 11.9. The zero-order chi connectivity index (χ0) is 11.7. The SMILES string of the molecule is CN1CCC(n2cc(Cl)cc(Cl)c2=O)CC1. The van der Waals surface area contributed by atoms with Gasteiger partial charge in [0, 0.05) is 12.2 Å². The first-order valence-electron chi connectivity index (χ1n) is 5.33. The smallest absolute Gasteiger partial charge is 0.269 e. The topological polar surface area (TPSA) is 25.2 Å². The zero-order valence-corrected chi connectivity index (χ0v) is 10.6. The van der Waals surface area contributed by atoms with Gasteiger partial charge in [0.25, 0.3) is 5.56 Å². The molecule has 0 spiro atoms. The summed E-state index contributed by atoms with van der Waals surface area (Å²) < 4.78 is 1.68. The van der Waals surface area contributed by atoms with Gasteiger partial charge >= 0.3 is 0 Å². The Kier molecular flexibility index (Phi) is 3.57. The molecule has 1 aromatic rings. The van der Waals surface area contributed by atoms with Crippen LogP contribution in [0.5, 0.6) is 0 Å². The van der Waals surface area contributed by atoms with Crippen molar-refractivity contribution in [2.75, 3.05) is 20.1 Å². The number of aromatic nitrogens is 1. The Morgan fingerprint density at radius 3 is 2.56 bits per heavy atom. The summed E-state index contributed by atoms with van der Waals surface area (Å²) in [6.45, 7) is 2.00. The van der Waals surface area contributed by atoms with E-state index in [0.29, 0.717) is 5.02 Å². The Bertz CT molecular complexity index is 436. The molecule has 88 valence electrons. The number of nitrogens with zero attached hydrogens (tertiary/aromatic N) is 2. The van der Waals surface area contributed by atoms with Crippen molar-refractivity contribution in [3.8, 4) is 0 Å². The molecule has 0 unspecified atom stereocenters. The lowest BCUT2D eigenvalue weighted by Gasteiger charge is -2.30. The second kappa shape index (κ2) is 4.78. The molecule has 0 N–H and O–H groups in total. The van der Waals surface area contributed by atoms with Gasteiger partial charge in [0.15, 0.2) is 0 Å². The molecule has 0 amide bonds. The fourth-order valence-electron chi connectivity index (χ4n) is 2.08. The highest BCUT2D eigenvalue weighted by Crippen LogP contribution is 2.22. The summed E-state index contributed by atoms with van der Waals surface area (Å²) in [6, 6.07) is 1.72. The molecule has 0 aromatic carbocycles. The minimum atomic E-state index is -0.138. The van der Waals surface area contributed by atoms with Crippen molar-refractivity contribution in [1.29, 1.82) is 0 Å². The maximum absolute atomic E-state index is 11.9. The summed E-state index contributed by atoms with van der Waals surface area (Å²) in [5.41, 5.74) is -0.138. The standard InChI is InChI=1S/C11H14Cl2N2O/c1-14-4-2-9(3-5-14)15-7-8(12)6-10(13)11(15)16/h6-7,9H,2-5H2,1H3. The van der Waals surface area contributed by atoms with E-state index in [-0.39, 0.29) is 16.6 Å². The van der Waals surface area contributed by atoms with Crippen LogP contribution >= 0.6 is 23.2 Å². The minimum Gasteiger partial charge on any atom is -0.310 e. The van der Waals surface area contributed by atoms with Gasteiger partial charge in [0.1, 0.15) is 5.02 Å². The Labute approximate surface area is 105 Å². The average Bonchev–Trinajstić information content (AvgIpc) is 2.25. The van der Waals surface area contributed by atoms with E-state index in [4.69, 9.17) is 23.2 Å². The van der Waals surface area contributed by atoms with Gasteiger partial charge < -0.3 is 9.47 Å². The predicted molar refractivity (Wildman–Crippen MR) is 66.5 cm³/mol. The van der Waals surface area contributed by atoms with Gasteiger partial charge in [-0.3, -0.25) is 4.79 Å². The molecule has 0 radical (unpaired) electrons. The monoisotopic (exact) mass is 260 g/mol. The molecular formula is C11H14Cl2N2O. The van der Waals surface area contributed by atoms with E-state index in [1.165, 1.54) is 6.07 Å². The highest BCUT2D eigenvalue weighted by atomic mass is 35.5. The highest BCUT2D eigenvalue weighted by Gasteiger charge is 2.20. The summed E-state index contributed by atoms with van der Waals surface area (Å²) in [5.74, 6) is 0. The van der Waals surface area contributed by atoms with Crippen molar-refractivity contribution in [3.05, 3.63) is 32.7 Å². The van der Waals surface area contributed by atoms with Crippen LogP contribution in [-0.2, 0) is 0 Å². The third-order valence-electron chi connectivity index (χ3n) is 3.05. The molecular weight excluding hydrogens is 247 g/mol. The molecule has 2 rings (SSSR count). The van der Waals surface area contributed by atoms with Crippen molar-refractivity contribution >= 4 is 23.2 Å². The predicted octanol–water partition coefficient (Wildman–Crippen LogP) is 2.42. The van der Waals surface area contributed by atoms with E-state index in [0.717, 1.165) is 25.9 Å². The molecule has 16 heavy (non-hydrogen) atoms. The Morgan fingerprint density at radius 2 is 1.94 bits per heavy atom. The first kappa shape index (κ1) is 12.0. The van der Waals surface area contributed by atoms with Crippen LogP contribution in [0, 0.1) is 0 Å². The molecule has 1 aliphatic heterocycles. The van der Waals surface area contributed by atoms with E-state index in [2.05, 4.69) is 11.9 Å². The van der Waals surface area contributed by atoms with Crippen LogP contribution in [0.25, 0.3) is 0 Å². The van der Waals surface area contributed by atoms with Gasteiger partial charge in [-0.1, -0.05) is 23.2 Å². The molecule has 0 bridgehead atoms. The highest BCUT2D eigenvalue weighted by molar-refractivity contribution is 6.34. The number of likely N-dealkylation sites (tertiary alicyclic amines) is 1. The molecule has 2 heterocycles. The van der Waals surface area contributed by atoms with Crippen LogP contribution in [-0.4, -0.2) is 29.6 Å². The van der Waals surface area contributed by atoms with Crippen molar-refractivity contribution in [1.82, 2.24) is 9.47 Å². The van der Waals surface area contributed by atoms with Gasteiger partial charge in [0.05, 0.1) is 5.02 Å². The third kappa shape index (κ3) is 2.42. The lowest BCUT2D eigenvalue weighted by molar-refractivity contribution is 0.219. The summed E-state index contributed by atoms with van der Waals surface area (Å²) >= 11 is 11.8. The molecule has 1 aromatic heterocycles. The molecule has 1 saturated heterocycles. The summed E-state index contributed by atoms with van der Waals surface area (Å²) in [7, 11) is 2.09. The molecule has 0 aliphatic carbocycles. The normalized spacial score (nSPS) is 18.9. The molecule has 0 saturated carbocycles. The fourth-order valence-corrected chi connectivity index (χ4v) is 2.56. The van der Waals surface area contributed by atoms with E-state index in [1.54, 1.807) is 10.8 Å². The zero-order valence-electron chi connectivity index (χ0n) is 9.12. The number of hydrogen-bond donors (Lipinski definition) is 0. The van der Waals surface area contributed by atoms with Crippen molar-refractivity contribution in [2.45, 2.75) is 18.9 Å². The van der Waals surface area contributed by atoms with Crippen molar-refractivity contribution < 1.29 is 0 Å². The van der Waals surface area contributed by atoms with E-state index in [1.807, 2.05) is 0 Å². The number of pyridine rings is 1. The number of piperidine rings is 1. The van der Waals surface area contributed by atoms with Crippen LogP contribution in [0.15, 0.2) is 17.1 Å². The van der Waals surface area contributed by atoms with Crippen molar-refractivity contribution in [3.63, 3.8) is 0 Å². The summed E-state index contributed by atoms with van der Waals surface area (Å²) in [4.78, 5) is 14.1. The van der Waals surface area contributed by atoms with Crippen LogP contribution in [0.2, 0.25) is 10.0 Å². The van der Waals surface area contributed by atoms with E-state index >= 15 is 0 Å². The van der Waals surface area contributed by atoms with Gasteiger partial charge in [-0.05, 0) is 39.0 Å². The molecule has 1 fully saturated rings. The fraction of sp³-hybridized carbons (Fsp3) is 0.545. The number of halogens is 2. The Morgan fingerprint density at radius 1 is 1.31 bits per heavy atom. The quantitative estimate of drug-likeness (QED) is 0.775. The number of rotatable bonds is 1. The molecule has 5 heteroatoms. The van der Waals surface area contributed by atoms with Gasteiger partial charge in [-0.25, -0.2) is 0 Å². The van der Waals surface area contributed by atoms with Crippen LogP contribution in [0.4, 0.5) is 0 Å². The average molecular weight is 261 g/mol. The van der Waals surface area contributed by atoms with Crippen molar-refractivity contribution in [2.24, 2.45) is 0 Å². The molecule has 3 nitrogen and oxygen atoms in total. The lowest BCUT2D eigenvalue weighted by Crippen LogP contribution is -2.35. The van der Waals surface area contributed by atoms with Crippen LogP contribution < -0.4 is 5.56 Å². The van der Waals surface area contributed by atoms with Crippen LogP contribution in [0.3, 0.4) is 0 Å². The Balaban J connectivity index is 2.30. The van der Waals surface area contributed by atoms with E-state index < -0.39 is 0 Å². The molecule has 1 aliphatic rings. The maximum Gasteiger partial charge on any atom is 0.269 e. The lowest BCUT2D eigenvalue weighted by atomic mass is 10.1. The number of hydrogen-bond acceptors (Lipinski definition) is 2. The second-order valence-electron chi connectivity index (χ2n) is 4.25. The summed E-state index contributed by atoms with van der Waals surface area (Å²) in [6.07, 6.45) is 3.62. The van der Waals surface area contributed by atoms with E-state index in [9.17, 15) is 4.79 Å². The van der Waals surface area contributed by atoms with Gasteiger partial charge in [-0.15, -0.1) is 0 Å². The third-order valence-corrected chi connectivity index (χ3v) is 3.52. The minimum absolute atomic E-state index is 0.138. The Hall–Kier alpha value is -0.510. The second-order valence-corrected chi connectivity index (χ2v) is 5.10. The van der Waals surface area contributed by atoms with Crippen LogP contribution in [0.1, 0.15) is 18.9 Å². The summed E-state index contributed by atoms with van der Waals surface area (Å²) in [5, 5.41) is 0.718. The first-order chi connectivity index (χ1) is 7.58. The van der Waals surface area contributed by atoms with Gasteiger partial charge in [-0.2, -0.15) is 0 Å². The largest absolute Gasteiger partial charge is 0.310 e. The molecule has 0 atom stereocenters.